The number of carbonyl (C=O) groups is 1. The van der Waals surface area contributed by atoms with Gasteiger partial charge in [-0.1, -0.05) is 25.1 Å². The highest BCUT2D eigenvalue weighted by Crippen LogP contribution is 2.19. The molecule has 0 saturated carbocycles. The van der Waals surface area contributed by atoms with Crippen LogP contribution in [-0.2, 0) is 6.42 Å². The molecule has 0 saturated heterocycles. The Morgan fingerprint density at radius 3 is 2.82 bits per heavy atom. The monoisotopic (exact) mass is 305 g/mol. The Morgan fingerprint density at radius 1 is 1.41 bits per heavy atom. The van der Waals surface area contributed by atoms with Crippen LogP contribution in [0.1, 0.15) is 55.2 Å². The van der Waals surface area contributed by atoms with E-state index in [1.54, 1.807) is 12.1 Å². The lowest BCUT2D eigenvalue weighted by atomic mass is 10.1. The van der Waals surface area contributed by atoms with E-state index in [4.69, 9.17) is 4.52 Å². The summed E-state index contributed by atoms with van der Waals surface area (Å²) in [7, 11) is 0. The third-order valence-corrected chi connectivity index (χ3v) is 3.25. The average Bonchev–Trinajstić information content (AvgIpc) is 2.92. The van der Waals surface area contributed by atoms with Crippen LogP contribution >= 0.6 is 0 Å². The van der Waals surface area contributed by atoms with E-state index in [-0.39, 0.29) is 17.3 Å². The van der Waals surface area contributed by atoms with Crippen LogP contribution in [0.15, 0.2) is 22.7 Å². The first kappa shape index (κ1) is 16.1. The largest absolute Gasteiger partial charge is 0.384 e. The smallest absolute Gasteiger partial charge is 0.226 e. The summed E-state index contributed by atoms with van der Waals surface area (Å²) in [5, 5.41) is 6.99. The molecule has 22 heavy (non-hydrogen) atoms. The van der Waals surface area contributed by atoms with Crippen molar-refractivity contribution in [1.29, 1.82) is 0 Å². The van der Waals surface area contributed by atoms with Gasteiger partial charge < -0.3 is 9.84 Å². The zero-order valence-corrected chi connectivity index (χ0v) is 13.0. The number of hydrogen-bond donors (Lipinski definition) is 1. The summed E-state index contributed by atoms with van der Waals surface area (Å²) in [4.78, 5) is 15.8. The van der Waals surface area contributed by atoms with Gasteiger partial charge in [-0.3, -0.25) is 4.79 Å². The molecule has 5 nitrogen and oxygen atoms in total. The van der Waals surface area contributed by atoms with Gasteiger partial charge >= 0.3 is 0 Å². The minimum Gasteiger partial charge on any atom is -0.384 e. The molecule has 118 valence electrons. The Balaban J connectivity index is 1.89. The van der Waals surface area contributed by atoms with Crippen molar-refractivity contribution in [2.24, 2.45) is 0 Å². The predicted octanol–water partition coefficient (Wildman–Crippen LogP) is 3.58. The Bertz CT molecular complexity index is 653. The lowest BCUT2D eigenvalue weighted by Gasteiger charge is -2.10. The van der Waals surface area contributed by atoms with Gasteiger partial charge in [0.25, 0.3) is 0 Å². The molecule has 2 aromatic rings. The molecule has 0 fully saturated rings. The summed E-state index contributed by atoms with van der Waals surface area (Å²) in [6.45, 7) is 5.95. The van der Waals surface area contributed by atoms with Gasteiger partial charge in [0.05, 0.1) is 5.56 Å². The van der Waals surface area contributed by atoms with Crippen LogP contribution in [0.25, 0.3) is 0 Å². The van der Waals surface area contributed by atoms with E-state index in [1.165, 1.54) is 13.0 Å². The minimum atomic E-state index is -0.504. The van der Waals surface area contributed by atoms with Gasteiger partial charge in [0.15, 0.2) is 11.6 Å². The Hall–Kier alpha value is -2.24. The quantitative estimate of drug-likeness (QED) is 0.625. The van der Waals surface area contributed by atoms with Crippen molar-refractivity contribution in [2.75, 3.05) is 11.9 Å². The number of Topliss-reactive ketones (excluding diaryl/α,β-unsaturated/α-hetero) is 1. The Labute approximate surface area is 128 Å². The van der Waals surface area contributed by atoms with Crippen LogP contribution in [0.5, 0.6) is 0 Å². The van der Waals surface area contributed by atoms with Crippen molar-refractivity contribution < 1.29 is 13.7 Å². The molecule has 1 aromatic carbocycles. The van der Waals surface area contributed by atoms with E-state index in [0.717, 1.165) is 6.42 Å². The highest BCUT2D eigenvalue weighted by atomic mass is 19.1. The topological polar surface area (TPSA) is 68.0 Å². The molecule has 0 unspecified atom stereocenters. The molecule has 0 spiro atoms. The summed E-state index contributed by atoms with van der Waals surface area (Å²) in [6, 6.07) is 4.56. The van der Waals surface area contributed by atoms with Crippen LogP contribution < -0.4 is 5.32 Å². The number of aryl methyl sites for hydroxylation is 1. The first-order valence-corrected chi connectivity index (χ1v) is 7.35. The molecule has 0 bridgehead atoms. The van der Waals surface area contributed by atoms with E-state index >= 15 is 0 Å². The molecule has 1 N–H and O–H groups in total. The van der Waals surface area contributed by atoms with Gasteiger partial charge in [0, 0.05) is 24.6 Å². The fourth-order valence-corrected chi connectivity index (χ4v) is 2.10. The zero-order valence-electron chi connectivity index (χ0n) is 13.0. The highest BCUT2D eigenvalue weighted by Gasteiger charge is 2.13. The van der Waals surface area contributed by atoms with Gasteiger partial charge in [-0.15, -0.1) is 0 Å². The number of anilines is 1. The van der Waals surface area contributed by atoms with Gasteiger partial charge in [0.1, 0.15) is 5.82 Å². The molecule has 1 aromatic heterocycles. The van der Waals surface area contributed by atoms with Crippen molar-refractivity contribution >= 4 is 11.5 Å². The molecule has 0 amide bonds. The lowest BCUT2D eigenvalue weighted by molar-refractivity contribution is 0.101. The van der Waals surface area contributed by atoms with Crippen LogP contribution in [0.4, 0.5) is 10.1 Å². The van der Waals surface area contributed by atoms with E-state index in [0.29, 0.717) is 30.4 Å². The van der Waals surface area contributed by atoms with Gasteiger partial charge in [-0.2, -0.15) is 4.98 Å². The number of rotatable bonds is 7. The average molecular weight is 305 g/mol. The molecule has 0 radical (unpaired) electrons. The van der Waals surface area contributed by atoms with E-state index in [2.05, 4.69) is 15.5 Å². The van der Waals surface area contributed by atoms with Crippen molar-refractivity contribution in [3.63, 3.8) is 0 Å². The Kier molecular flexibility index (Phi) is 5.25. The summed E-state index contributed by atoms with van der Waals surface area (Å²) < 4.78 is 18.8. The molecule has 2 rings (SSSR count). The van der Waals surface area contributed by atoms with Crippen LogP contribution in [0.3, 0.4) is 0 Å². The minimum absolute atomic E-state index is 0.0994. The van der Waals surface area contributed by atoms with Crippen LogP contribution in [0, 0.1) is 5.82 Å². The van der Waals surface area contributed by atoms with E-state index < -0.39 is 5.82 Å². The number of nitrogens with one attached hydrogen (secondary N) is 1. The van der Waals surface area contributed by atoms with Crippen LogP contribution in [-0.4, -0.2) is 22.5 Å². The molecule has 1 heterocycles. The SMILES string of the molecule is CC(=O)c1c(F)cccc1NCCCc1nc(C(C)C)no1. The second kappa shape index (κ2) is 7.15. The van der Waals surface area contributed by atoms with Crippen molar-refractivity contribution in [3.8, 4) is 0 Å². The number of carbonyl (C=O) groups excluding carboxylic acids is 1. The molecular weight excluding hydrogens is 285 g/mol. The second-order valence-corrected chi connectivity index (χ2v) is 5.45. The standard InChI is InChI=1S/C16H20FN3O2/c1-10(2)16-19-14(22-20-16)8-5-9-18-13-7-4-6-12(17)15(13)11(3)21/h4,6-7,10,18H,5,8-9H2,1-3H3. The maximum atomic E-state index is 13.7. The van der Waals surface area contributed by atoms with Crippen molar-refractivity contribution in [2.45, 2.75) is 39.5 Å². The maximum absolute atomic E-state index is 13.7. The summed E-state index contributed by atoms with van der Waals surface area (Å²) in [5.74, 6) is 0.736. The lowest BCUT2D eigenvalue weighted by Crippen LogP contribution is -2.09. The molecule has 0 aliphatic carbocycles. The van der Waals surface area contributed by atoms with Gasteiger partial charge in [-0.05, 0) is 25.5 Å². The first-order valence-electron chi connectivity index (χ1n) is 7.35. The fraction of sp³-hybridized carbons (Fsp3) is 0.438. The van der Waals surface area contributed by atoms with Crippen molar-refractivity contribution in [3.05, 3.63) is 41.3 Å². The fourth-order valence-electron chi connectivity index (χ4n) is 2.10. The van der Waals surface area contributed by atoms with E-state index in [9.17, 15) is 9.18 Å². The number of benzene rings is 1. The highest BCUT2D eigenvalue weighted by molar-refractivity contribution is 5.99. The zero-order chi connectivity index (χ0) is 16.1. The molecule has 0 atom stereocenters. The maximum Gasteiger partial charge on any atom is 0.226 e. The number of hydrogen-bond acceptors (Lipinski definition) is 5. The predicted molar refractivity (Wildman–Crippen MR) is 81.6 cm³/mol. The summed E-state index contributed by atoms with van der Waals surface area (Å²) >= 11 is 0. The van der Waals surface area contributed by atoms with E-state index in [1.807, 2.05) is 13.8 Å². The number of halogens is 1. The third kappa shape index (κ3) is 3.90. The normalized spacial score (nSPS) is 11.0. The first-order chi connectivity index (χ1) is 10.5. The summed E-state index contributed by atoms with van der Waals surface area (Å²) in [6.07, 6.45) is 1.38. The van der Waals surface area contributed by atoms with Gasteiger partial charge in [0.2, 0.25) is 5.89 Å². The molecule has 6 heteroatoms. The number of ketones is 1. The molecular formula is C16H20FN3O2. The second-order valence-electron chi connectivity index (χ2n) is 5.45. The summed E-state index contributed by atoms with van der Waals surface area (Å²) in [5.41, 5.74) is 0.614. The molecule has 0 aliphatic heterocycles. The number of aromatic nitrogens is 2. The number of nitrogens with zero attached hydrogens (tertiary/aromatic N) is 2. The Morgan fingerprint density at radius 2 is 2.18 bits per heavy atom. The van der Waals surface area contributed by atoms with Crippen molar-refractivity contribution in [1.82, 2.24) is 10.1 Å². The van der Waals surface area contributed by atoms with Crippen LogP contribution in [0.2, 0.25) is 0 Å². The molecule has 0 aliphatic rings. The van der Waals surface area contributed by atoms with Gasteiger partial charge in [-0.25, -0.2) is 4.39 Å². The third-order valence-electron chi connectivity index (χ3n) is 3.25.